The van der Waals surface area contributed by atoms with Crippen molar-refractivity contribution in [1.82, 2.24) is 10.2 Å². The summed E-state index contributed by atoms with van der Waals surface area (Å²) in [6, 6.07) is 4.73. The summed E-state index contributed by atoms with van der Waals surface area (Å²) in [4.78, 5) is 14.0. The second kappa shape index (κ2) is 7.41. The molecule has 1 amide bonds. The molecule has 1 aliphatic rings. The molecule has 1 saturated heterocycles. The number of hydrogen-bond acceptors (Lipinski definition) is 3. The SMILES string of the molecule is COc1cc(C(C)NCC(=O)N2CCCCC2)ccc1F. The van der Waals surface area contributed by atoms with Crippen LogP contribution in [-0.2, 0) is 4.79 Å². The zero-order valence-electron chi connectivity index (χ0n) is 12.7. The molecule has 1 fully saturated rings. The number of hydrogen-bond donors (Lipinski definition) is 1. The first kappa shape index (κ1) is 15.8. The Morgan fingerprint density at radius 3 is 2.76 bits per heavy atom. The summed E-state index contributed by atoms with van der Waals surface area (Å²) in [5.41, 5.74) is 0.902. The van der Waals surface area contributed by atoms with Crippen LogP contribution in [0.5, 0.6) is 5.75 Å². The van der Waals surface area contributed by atoms with E-state index in [0.717, 1.165) is 31.5 Å². The maximum atomic E-state index is 13.4. The molecule has 0 bridgehead atoms. The highest BCUT2D eigenvalue weighted by Crippen LogP contribution is 2.22. The molecule has 5 heteroatoms. The van der Waals surface area contributed by atoms with Gasteiger partial charge in [0.15, 0.2) is 11.6 Å². The maximum Gasteiger partial charge on any atom is 0.236 e. The largest absolute Gasteiger partial charge is 0.494 e. The minimum atomic E-state index is -0.377. The number of amides is 1. The van der Waals surface area contributed by atoms with Crippen LogP contribution in [0, 0.1) is 5.82 Å². The molecule has 0 radical (unpaired) electrons. The molecule has 116 valence electrons. The summed E-state index contributed by atoms with van der Waals surface area (Å²) in [7, 11) is 1.44. The van der Waals surface area contributed by atoms with Gasteiger partial charge in [0, 0.05) is 19.1 Å². The minimum absolute atomic E-state index is 0.0340. The van der Waals surface area contributed by atoms with Crippen LogP contribution >= 0.6 is 0 Å². The maximum absolute atomic E-state index is 13.4. The van der Waals surface area contributed by atoms with E-state index in [0.29, 0.717) is 6.54 Å². The number of ether oxygens (including phenoxy) is 1. The third kappa shape index (κ3) is 4.17. The van der Waals surface area contributed by atoms with Gasteiger partial charge in [-0.05, 0) is 43.9 Å². The molecule has 4 nitrogen and oxygen atoms in total. The molecule has 1 heterocycles. The number of methoxy groups -OCH3 is 1. The van der Waals surface area contributed by atoms with Crippen molar-refractivity contribution in [2.24, 2.45) is 0 Å². The molecule has 1 N–H and O–H groups in total. The number of likely N-dealkylation sites (tertiary alicyclic amines) is 1. The number of halogens is 1. The average Bonchev–Trinajstić information content (AvgIpc) is 2.53. The highest BCUT2D eigenvalue weighted by Gasteiger charge is 2.17. The molecule has 0 aromatic heterocycles. The van der Waals surface area contributed by atoms with E-state index in [-0.39, 0.29) is 23.5 Å². The van der Waals surface area contributed by atoms with Gasteiger partial charge < -0.3 is 15.0 Å². The topological polar surface area (TPSA) is 41.6 Å². The summed E-state index contributed by atoms with van der Waals surface area (Å²) in [6.45, 7) is 3.98. The molecule has 1 aliphatic heterocycles. The first-order valence-corrected chi connectivity index (χ1v) is 7.46. The van der Waals surface area contributed by atoms with Crippen LogP contribution in [0.2, 0.25) is 0 Å². The highest BCUT2D eigenvalue weighted by atomic mass is 19.1. The predicted octanol–water partition coefficient (Wildman–Crippen LogP) is 2.50. The van der Waals surface area contributed by atoms with Crippen LogP contribution in [0.4, 0.5) is 4.39 Å². The number of piperidine rings is 1. The van der Waals surface area contributed by atoms with Crippen LogP contribution in [0.25, 0.3) is 0 Å². The van der Waals surface area contributed by atoms with Crippen LogP contribution in [0.1, 0.15) is 37.8 Å². The Bertz CT molecular complexity index is 487. The standard InChI is InChI=1S/C16H23FN2O2/c1-12(13-6-7-14(17)15(10-13)21-2)18-11-16(20)19-8-4-3-5-9-19/h6-7,10,12,18H,3-5,8-9,11H2,1-2H3. The third-order valence-corrected chi connectivity index (χ3v) is 3.94. The molecule has 1 aromatic rings. The van der Waals surface area contributed by atoms with E-state index in [2.05, 4.69) is 5.32 Å². The van der Waals surface area contributed by atoms with Crippen molar-refractivity contribution < 1.29 is 13.9 Å². The van der Waals surface area contributed by atoms with Gasteiger partial charge in [0.05, 0.1) is 13.7 Å². The zero-order valence-corrected chi connectivity index (χ0v) is 12.7. The van der Waals surface area contributed by atoms with Gasteiger partial charge >= 0.3 is 0 Å². The molecular formula is C16H23FN2O2. The van der Waals surface area contributed by atoms with Gasteiger partial charge in [-0.1, -0.05) is 6.07 Å². The summed E-state index contributed by atoms with van der Waals surface area (Å²) in [5, 5.41) is 3.20. The number of nitrogens with zero attached hydrogens (tertiary/aromatic N) is 1. The summed E-state index contributed by atoms with van der Waals surface area (Å²) in [5.74, 6) is -0.0167. The Hall–Kier alpha value is -1.62. The molecule has 0 aliphatic carbocycles. The van der Waals surface area contributed by atoms with Gasteiger partial charge in [-0.15, -0.1) is 0 Å². The van der Waals surface area contributed by atoms with E-state index in [9.17, 15) is 9.18 Å². The van der Waals surface area contributed by atoms with Crippen molar-refractivity contribution in [2.75, 3.05) is 26.7 Å². The Labute approximate surface area is 125 Å². The fraction of sp³-hybridized carbons (Fsp3) is 0.562. The van der Waals surface area contributed by atoms with Gasteiger partial charge in [0.25, 0.3) is 0 Å². The summed E-state index contributed by atoms with van der Waals surface area (Å²) >= 11 is 0. The highest BCUT2D eigenvalue weighted by molar-refractivity contribution is 5.78. The van der Waals surface area contributed by atoms with Crippen LogP contribution < -0.4 is 10.1 Å². The van der Waals surface area contributed by atoms with E-state index < -0.39 is 0 Å². The van der Waals surface area contributed by atoms with Gasteiger partial charge in [0.1, 0.15) is 0 Å². The molecule has 1 atom stereocenters. The minimum Gasteiger partial charge on any atom is -0.494 e. The number of rotatable bonds is 5. The lowest BCUT2D eigenvalue weighted by molar-refractivity contribution is -0.131. The second-order valence-electron chi connectivity index (χ2n) is 5.44. The monoisotopic (exact) mass is 294 g/mol. The lowest BCUT2D eigenvalue weighted by atomic mass is 10.1. The number of benzene rings is 1. The van der Waals surface area contributed by atoms with Crippen LogP contribution in [-0.4, -0.2) is 37.6 Å². The molecule has 0 spiro atoms. The van der Waals surface area contributed by atoms with Crippen LogP contribution in [0.15, 0.2) is 18.2 Å². The van der Waals surface area contributed by atoms with Crippen molar-refractivity contribution in [3.8, 4) is 5.75 Å². The number of nitrogens with one attached hydrogen (secondary N) is 1. The molecule has 21 heavy (non-hydrogen) atoms. The van der Waals surface area contributed by atoms with E-state index >= 15 is 0 Å². The second-order valence-corrected chi connectivity index (χ2v) is 5.44. The molecule has 0 saturated carbocycles. The third-order valence-electron chi connectivity index (χ3n) is 3.94. The fourth-order valence-corrected chi connectivity index (χ4v) is 2.56. The van der Waals surface area contributed by atoms with E-state index in [1.807, 2.05) is 11.8 Å². The molecule has 2 rings (SSSR count). The Kier molecular flexibility index (Phi) is 5.56. The van der Waals surface area contributed by atoms with Crippen molar-refractivity contribution in [3.05, 3.63) is 29.6 Å². The van der Waals surface area contributed by atoms with Gasteiger partial charge in [0.2, 0.25) is 5.91 Å². The Balaban J connectivity index is 1.89. The van der Waals surface area contributed by atoms with E-state index in [1.165, 1.54) is 19.6 Å². The summed E-state index contributed by atoms with van der Waals surface area (Å²) < 4.78 is 18.4. The molecular weight excluding hydrogens is 271 g/mol. The first-order valence-electron chi connectivity index (χ1n) is 7.46. The average molecular weight is 294 g/mol. The van der Waals surface area contributed by atoms with E-state index in [4.69, 9.17) is 4.74 Å². The predicted molar refractivity (Wildman–Crippen MR) is 79.8 cm³/mol. The van der Waals surface area contributed by atoms with Gasteiger partial charge in [-0.2, -0.15) is 0 Å². The van der Waals surface area contributed by atoms with Crippen molar-refractivity contribution >= 4 is 5.91 Å². The zero-order chi connectivity index (χ0) is 15.2. The Morgan fingerprint density at radius 2 is 2.10 bits per heavy atom. The number of carbonyl (C=O) groups excluding carboxylic acids is 1. The molecule has 1 unspecified atom stereocenters. The van der Waals surface area contributed by atoms with Gasteiger partial charge in [-0.25, -0.2) is 4.39 Å². The fourth-order valence-electron chi connectivity index (χ4n) is 2.56. The van der Waals surface area contributed by atoms with Gasteiger partial charge in [-0.3, -0.25) is 4.79 Å². The van der Waals surface area contributed by atoms with Crippen molar-refractivity contribution in [3.63, 3.8) is 0 Å². The Morgan fingerprint density at radius 1 is 1.38 bits per heavy atom. The van der Waals surface area contributed by atoms with Crippen molar-refractivity contribution in [1.29, 1.82) is 0 Å². The van der Waals surface area contributed by atoms with Crippen LogP contribution in [0.3, 0.4) is 0 Å². The molecule has 1 aromatic carbocycles. The summed E-state index contributed by atoms with van der Waals surface area (Å²) in [6.07, 6.45) is 3.40. The lowest BCUT2D eigenvalue weighted by Crippen LogP contribution is -2.41. The lowest BCUT2D eigenvalue weighted by Gasteiger charge is -2.27. The number of carbonyl (C=O) groups is 1. The van der Waals surface area contributed by atoms with E-state index in [1.54, 1.807) is 12.1 Å². The first-order chi connectivity index (χ1) is 10.1. The smallest absolute Gasteiger partial charge is 0.236 e. The quantitative estimate of drug-likeness (QED) is 0.907. The van der Waals surface area contributed by atoms with Crippen molar-refractivity contribution in [2.45, 2.75) is 32.2 Å². The normalized spacial score (nSPS) is 16.6.